The molecule has 0 atom stereocenters. The van der Waals surface area contributed by atoms with Gasteiger partial charge in [-0.1, -0.05) is 29.3 Å². The van der Waals surface area contributed by atoms with Crippen LogP contribution < -0.4 is 9.81 Å². The lowest BCUT2D eigenvalue weighted by atomic mass is 10.1. The van der Waals surface area contributed by atoms with E-state index >= 15 is 0 Å². The van der Waals surface area contributed by atoms with E-state index in [0.29, 0.717) is 10.9 Å². The highest BCUT2D eigenvalue weighted by molar-refractivity contribution is 7.87. The molecule has 1 aromatic heterocycles. The molecule has 24 heavy (non-hydrogen) atoms. The molecule has 0 saturated carbocycles. The molecule has 3 aromatic rings. The van der Waals surface area contributed by atoms with Gasteiger partial charge in [0.05, 0.1) is 5.02 Å². The second-order valence-corrected chi connectivity index (χ2v) is 7.33. The maximum absolute atomic E-state index is 12.4. The van der Waals surface area contributed by atoms with Crippen molar-refractivity contribution < 1.29 is 17.0 Å². The zero-order valence-electron chi connectivity index (χ0n) is 12.9. The van der Waals surface area contributed by atoms with Gasteiger partial charge >= 0.3 is 15.7 Å². The molecule has 5 nitrogen and oxygen atoms in total. The summed E-state index contributed by atoms with van der Waals surface area (Å²) in [6.45, 7) is 3.58. The quantitative estimate of drug-likeness (QED) is 0.521. The Balaban J connectivity index is 2.08. The van der Waals surface area contributed by atoms with Gasteiger partial charge in [0.25, 0.3) is 0 Å². The predicted octanol–water partition coefficient (Wildman–Crippen LogP) is 3.83. The molecule has 0 unspecified atom stereocenters. The summed E-state index contributed by atoms with van der Waals surface area (Å²) < 4.78 is 34.9. The van der Waals surface area contributed by atoms with Crippen molar-refractivity contribution in [2.24, 2.45) is 0 Å². The largest absolute Gasteiger partial charge is 0.423 e. The number of rotatable bonds is 3. The first-order valence-corrected chi connectivity index (χ1v) is 8.80. The molecule has 124 valence electrons. The Morgan fingerprint density at radius 3 is 2.38 bits per heavy atom. The molecular formula is C17H13ClO5S. The van der Waals surface area contributed by atoms with E-state index in [-0.39, 0.29) is 21.3 Å². The minimum Gasteiger partial charge on any atom is -0.423 e. The van der Waals surface area contributed by atoms with Crippen molar-refractivity contribution in [3.05, 3.63) is 69.0 Å². The molecule has 1 heterocycles. The number of fused-ring (bicyclic) bond motifs is 1. The average Bonchev–Trinajstić information content (AvgIpc) is 2.49. The maximum Gasteiger partial charge on any atom is 0.339 e. The zero-order chi connectivity index (χ0) is 17.5. The Kier molecular flexibility index (Phi) is 4.11. The molecule has 0 saturated heterocycles. The third kappa shape index (κ3) is 3.16. The summed E-state index contributed by atoms with van der Waals surface area (Å²) in [5.74, 6) is -0.0986. The summed E-state index contributed by atoms with van der Waals surface area (Å²) in [6, 6.07) is 10.4. The second-order valence-electron chi connectivity index (χ2n) is 5.38. The molecule has 0 aliphatic heterocycles. The van der Waals surface area contributed by atoms with Crippen LogP contribution in [0.5, 0.6) is 5.75 Å². The van der Waals surface area contributed by atoms with E-state index in [9.17, 15) is 13.2 Å². The van der Waals surface area contributed by atoms with Crippen molar-refractivity contribution in [3.8, 4) is 5.75 Å². The summed E-state index contributed by atoms with van der Waals surface area (Å²) in [5.41, 5.74) is 1.28. The average molecular weight is 365 g/mol. The Morgan fingerprint density at radius 1 is 1.04 bits per heavy atom. The Labute approximate surface area is 143 Å². The smallest absolute Gasteiger partial charge is 0.339 e. The van der Waals surface area contributed by atoms with Gasteiger partial charge in [0.15, 0.2) is 5.75 Å². The van der Waals surface area contributed by atoms with Gasteiger partial charge in [-0.2, -0.15) is 8.42 Å². The van der Waals surface area contributed by atoms with Crippen LogP contribution in [0.1, 0.15) is 11.1 Å². The van der Waals surface area contributed by atoms with Crippen LogP contribution in [0.3, 0.4) is 0 Å². The van der Waals surface area contributed by atoms with Gasteiger partial charge < -0.3 is 8.60 Å². The van der Waals surface area contributed by atoms with E-state index in [0.717, 1.165) is 5.56 Å². The van der Waals surface area contributed by atoms with E-state index in [2.05, 4.69) is 0 Å². The van der Waals surface area contributed by atoms with Crippen LogP contribution in [0.4, 0.5) is 0 Å². The number of halogens is 1. The monoisotopic (exact) mass is 364 g/mol. The molecule has 7 heteroatoms. The molecule has 0 bridgehead atoms. The first kappa shape index (κ1) is 16.5. The van der Waals surface area contributed by atoms with Crippen LogP contribution in [0.15, 0.2) is 56.6 Å². The normalized spacial score (nSPS) is 11.6. The zero-order valence-corrected chi connectivity index (χ0v) is 14.4. The fourth-order valence-corrected chi connectivity index (χ4v) is 3.44. The van der Waals surface area contributed by atoms with Crippen molar-refractivity contribution >= 4 is 32.7 Å². The van der Waals surface area contributed by atoms with Gasteiger partial charge in [0, 0.05) is 17.5 Å². The lowest BCUT2D eigenvalue weighted by molar-refractivity contribution is 0.485. The van der Waals surface area contributed by atoms with Crippen molar-refractivity contribution in [2.45, 2.75) is 18.7 Å². The van der Waals surface area contributed by atoms with Crippen LogP contribution in [0.25, 0.3) is 11.0 Å². The first-order chi connectivity index (χ1) is 11.3. The fourth-order valence-electron chi connectivity index (χ4n) is 2.25. The maximum atomic E-state index is 12.4. The van der Waals surface area contributed by atoms with Gasteiger partial charge in [-0.25, -0.2) is 4.79 Å². The van der Waals surface area contributed by atoms with Gasteiger partial charge in [-0.15, -0.1) is 0 Å². The Hall–Kier alpha value is -2.31. The van der Waals surface area contributed by atoms with Gasteiger partial charge in [0.2, 0.25) is 0 Å². The van der Waals surface area contributed by atoms with Crippen LogP contribution in [0.2, 0.25) is 5.02 Å². The summed E-state index contributed by atoms with van der Waals surface area (Å²) in [5, 5.41) is 0.717. The molecule has 0 fully saturated rings. The highest BCUT2D eigenvalue weighted by atomic mass is 35.5. The van der Waals surface area contributed by atoms with E-state index in [1.807, 2.05) is 6.92 Å². The molecule has 3 rings (SSSR count). The highest BCUT2D eigenvalue weighted by Crippen LogP contribution is 2.32. The van der Waals surface area contributed by atoms with Crippen molar-refractivity contribution in [1.29, 1.82) is 0 Å². The van der Waals surface area contributed by atoms with E-state index in [1.54, 1.807) is 19.1 Å². The lowest BCUT2D eigenvalue weighted by Crippen LogP contribution is -2.10. The van der Waals surface area contributed by atoms with Crippen molar-refractivity contribution in [1.82, 2.24) is 0 Å². The summed E-state index contributed by atoms with van der Waals surface area (Å²) >= 11 is 6.12. The minimum atomic E-state index is -4.05. The number of aryl methyl sites for hydroxylation is 2. The SMILES string of the molecule is Cc1ccc(S(=O)(=O)Oc2cc3oc(=O)cc(C)c3cc2Cl)cc1. The molecule has 0 aliphatic carbocycles. The number of hydrogen-bond acceptors (Lipinski definition) is 5. The molecular weight excluding hydrogens is 352 g/mol. The van der Waals surface area contributed by atoms with Crippen LogP contribution in [-0.2, 0) is 10.1 Å². The molecule has 0 aliphatic rings. The van der Waals surface area contributed by atoms with E-state index < -0.39 is 15.7 Å². The summed E-state index contributed by atoms with van der Waals surface area (Å²) in [6.07, 6.45) is 0. The van der Waals surface area contributed by atoms with Crippen LogP contribution >= 0.6 is 11.6 Å². The second kappa shape index (κ2) is 5.96. The standard InChI is InChI=1S/C17H13ClO5S/c1-10-3-5-12(6-4-10)24(20,21)23-16-9-15-13(8-14(16)18)11(2)7-17(19)22-15/h3-9H,1-2H3. The van der Waals surface area contributed by atoms with Crippen LogP contribution in [0, 0.1) is 13.8 Å². The predicted molar refractivity (Wildman–Crippen MR) is 91.2 cm³/mol. The molecule has 0 spiro atoms. The number of benzene rings is 2. The first-order valence-electron chi connectivity index (χ1n) is 7.01. The lowest BCUT2D eigenvalue weighted by Gasteiger charge is -2.10. The third-order valence-electron chi connectivity index (χ3n) is 3.51. The molecule has 2 aromatic carbocycles. The van der Waals surface area contributed by atoms with Crippen LogP contribution in [-0.4, -0.2) is 8.42 Å². The van der Waals surface area contributed by atoms with Gasteiger partial charge in [-0.3, -0.25) is 0 Å². The number of hydrogen-bond donors (Lipinski definition) is 0. The third-order valence-corrected chi connectivity index (χ3v) is 5.06. The van der Waals surface area contributed by atoms with Crippen molar-refractivity contribution in [2.75, 3.05) is 0 Å². The molecule has 0 amide bonds. The van der Waals surface area contributed by atoms with E-state index in [4.69, 9.17) is 20.2 Å². The summed E-state index contributed by atoms with van der Waals surface area (Å²) in [7, 11) is -4.05. The van der Waals surface area contributed by atoms with E-state index in [1.165, 1.54) is 30.3 Å². The molecule has 0 radical (unpaired) electrons. The minimum absolute atomic E-state index is 0.00922. The molecule has 0 N–H and O–H groups in total. The Morgan fingerprint density at radius 2 is 1.71 bits per heavy atom. The van der Waals surface area contributed by atoms with Gasteiger partial charge in [-0.05, 0) is 37.6 Å². The topological polar surface area (TPSA) is 73.6 Å². The summed E-state index contributed by atoms with van der Waals surface area (Å²) in [4.78, 5) is 11.5. The highest BCUT2D eigenvalue weighted by Gasteiger charge is 2.19. The fraction of sp³-hybridized carbons (Fsp3) is 0.118. The Bertz CT molecular complexity index is 1080. The van der Waals surface area contributed by atoms with Gasteiger partial charge in [0.1, 0.15) is 10.5 Å². The van der Waals surface area contributed by atoms with Crippen molar-refractivity contribution in [3.63, 3.8) is 0 Å².